The Morgan fingerprint density at radius 1 is 0.763 bits per heavy atom. The number of nitrogen functional groups attached to an aromatic ring is 1. The summed E-state index contributed by atoms with van der Waals surface area (Å²) in [5.41, 5.74) is 9.55. The lowest BCUT2D eigenvalue weighted by Crippen LogP contribution is -2.55. The van der Waals surface area contributed by atoms with E-state index in [1.54, 1.807) is 6.33 Å². The Balaban J connectivity index is 1.11. The smallest absolute Gasteiger partial charge is 0.146 e. The molecule has 3 aliphatic rings. The molecule has 2 unspecified atom stereocenters. The maximum atomic E-state index is 6.43. The predicted molar refractivity (Wildman–Crippen MR) is 151 cm³/mol. The molecular formula is C31H36N6O. The van der Waals surface area contributed by atoms with E-state index in [1.807, 2.05) is 42.5 Å². The minimum atomic E-state index is 0.432. The van der Waals surface area contributed by atoms with E-state index >= 15 is 0 Å². The van der Waals surface area contributed by atoms with Crippen molar-refractivity contribution >= 4 is 16.9 Å². The summed E-state index contributed by atoms with van der Waals surface area (Å²) in [6.07, 6.45) is 11.4. The van der Waals surface area contributed by atoms with Gasteiger partial charge in [0.2, 0.25) is 0 Å². The molecule has 4 aromatic rings. The van der Waals surface area contributed by atoms with Crippen LogP contribution in [0.3, 0.4) is 0 Å². The number of nitrogens with two attached hydrogens (primary N) is 1. The minimum Gasteiger partial charge on any atom is -0.457 e. The van der Waals surface area contributed by atoms with Gasteiger partial charge in [0.05, 0.1) is 5.39 Å². The second-order valence-corrected chi connectivity index (χ2v) is 11.3. The van der Waals surface area contributed by atoms with Crippen molar-refractivity contribution < 1.29 is 4.74 Å². The number of hydrogen-bond acceptors (Lipinski definition) is 6. The van der Waals surface area contributed by atoms with Crippen LogP contribution in [0, 0.1) is 0 Å². The van der Waals surface area contributed by atoms with Crippen molar-refractivity contribution in [2.45, 2.75) is 62.7 Å². The Hall–Kier alpha value is -3.42. The number of nitrogens with zero attached hydrogens (tertiary/aromatic N) is 5. The fourth-order valence-corrected chi connectivity index (χ4v) is 7.08. The number of piperazine rings is 1. The molecule has 7 nitrogen and oxygen atoms in total. The molecule has 7 heteroatoms. The molecule has 1 aliphatic carbocycles. The van der Waals surface area contributed by atoms with Crippen molar-refractivity contribution in [1.29, 1.82) is 0 Å². The number of likely N-dealkylation sites (N-methyl/N-ethyl adjacent to an activating group) is 1. The zero-order chi connectivity index (χ0) is 25.6. The number of fused-ring (bicyclic) bond motifs is 3. The van der Waals surface area contributed by atoms with Crippen molar-refractivity contribution in [3.63, 3.8) is 0 Å². The first kappa shape index (κ1) is 23.7. The first-order valence-corrected chi connectivity index (χ1v) is 14.0. The second-order valence-electron chi connectivity index (χ2n) is 11.3. The van der Waals surface area contributed by atoms with Gasteiger partial charge in [0.15, 0.2) is 0 Å². The average molecular weight is 509 g/mol. The first-order chi connectivity index (χ1) is 18.6. The fourth-order valence-electron chi connectivity index (χ4n) is 7.08. The van der Waals surface area contributed by atoms with Crippen LogP contribution in [0.1, 0.15) is 44.6 Å². The number of hydrogen-bond donors (Lipinski definition) is 1. The molecule has 2 bridgehead atoms. The number of benzene rings is 2. The zero-order valence-corrected chi connectivity index (χ0v) is 22.0. The van der Waals surface area contributed by atoms with Crippen molar-refractivity contribution in [1.82, 2.24) is 24.3 Å². The number of likely N-dealkylation sites (tertiary alicyclic amines) is 1. The molecular weight excluding hydrogens is 472 g/mol. The van der Waals surface area contributed by atoms with Gasteiger partial charge in [-0.3, -0.25) is 9.80 Å². The Morgan fingerprint density at radius 3 is 2.11 bits per heavy atom. The largest absolute Gasteiger partial charge is 0.457 e. The first-order valence-electron chi connectivity index (χ1n) is 14.0. The zero-order valence-electron chi connectivity index (χ0n) is 22.0. The summed E-state index contributed by atoms with van der Waals surface area (Å²) in [5, 5.41) is 0.946. The Labute approximate surface area is 224 Å². The molecule has 2 N–H and O–H groups in total. The van der Waals surface area contributed by atoms with E-state index in [0.29, 0.717) is 17.9 Å². The van der Waals surface area contributed by atoms with Crippen LogP contribution in [-0.2, 0) is 0 Å². The Morgan fingerprint density at radius 2 is 1.39 bits per heavy atom. The molecule has 196 valence electrons. The average Bonchev–Trinajstić information content (AvgIpc) is 3.42. The monoisotopic (exact) mass is 508 g/mol. The van der Waals surface area contributed by atoms with Crippen LogP contribution >= 0.6 is 0 Å². The highest BCUT2D eigenvalue weighted by molar-refractivity contribution is 6.00. The van der Waals surface area contributed by atoms with Crippen molar-refractivity contribution in [2.75, 3.05) is 25.9 Å². The maximum absolute atomic E-state index is 6.43. The molecule has 0 radical (unpaired) electrons. The molecule has 2 aliphatic heterocycles. The summed E-state index contributed by atoms with van der Waals surface area (Å²) >= 11 is 0. The molecule has 7 rings (SSSR count). The number of anilines is 1. The predicted octanol–water partition coefficient (Wildman–Crippen LogP) is 5.73. The molecule has 2 saturated heterocycles. The van der Waals surface area contributed by atoms with Gasteiger partial charge in [0.1, 0.15) is 29.3 Å². The molecule has 2 atom stereocenters. The highest BCUT2D eigenvalue weighted by Gasteiger charge is 2.40. The number of para-hydroxylation sites is 1. The molecule has 4 heterocycles. The van der Waals surface area contributed by atoms with E-state index in [9.17, 15) is 0 Å². The highest BCUT2D eigenvalue weighted by atomic mass is 16.5. The topological polar surface area (TPSA) is 72.4 Å². The molecule has 38 heavy (non-hydrogen) atoms. The second kappa shape index (κ2) is 9.71. The molecule has 0 spiro atoms. The van der Waals surface area contributed by atoms with E-state index in [-0.39, 0.29) is 0 Å². The lowest BCUT2D eigenvalue weighted by atomic mass is 9.89. The van der Waals surface area contributed by atoms with Crippen LogP contribution in [-0.4, -0.2) is 62.6 Å². The summed E-state index contributed by atoms with van der Waals surface area (Å²) in [6, 6.07) is 20.7. The van der Waals surface area contributed by atoms with Crippen LogP contribution < -0.4 is 10.5 Å². The van der Waals surface area contributed by atoms with Crippen LogP contribution in [0.4, 0.5) is 5.82 Å². The van der Waals surface area contributed by atoms with Gasteiger partial charge in [-0.2, -0.15) is 0 Å². The van der Waals surface area contributed by atoms with Gasteiger partial charge in [-0.05, 0) is 75.4 Å². The van der Waals surface area contributed by atoms with E-state index in [1.165, 1.54) is 51.6 Å². The van der Waals surface area contributed by atoms with Crippen LogP contribution in [0.25, 0.3) is 22.2 Å². The molecule has 1 saturated carbocycles. The van der Waals surface area contributed by atoms with Gasteiger partial charge < -0.3 is 15.0 Å². The number of aromatic nitrogens is 3. The summed E-state index contributed by atoms with van der Waals surface area (Å²) in [7, 11) is 2.32. The van der Waals surface area contributed by atoms with Crippen molar-refractivity contribution in [2.24, 2.45) is 0 Å². The van der Waals surface area contributed by atoms with Gasteiger partial charge in [0.25, 0.3) is 0 Å². The van der Waals surface area contributed by atoms with E-state index < -0.39 is 0 Å². The maximum Gasteiger partial charge on any atom is 0.146 e. The molecule has 2 aromatic heterocycles. The Bertz CT molecular complexity index is 1400. The van der Waals surface area contributed by atoms with Gasteiger partial charge in [-0.1, -0.05) is 30.3 Å². The Kier molecular flexibility index (Phi) is 6.05. The van der Waals surface area contributed by atoms with Crippen molar-refractivity contribution in [3.8, 4) is 22.6 Å². The summed E-state index contributed by atoms with van der Waals surface area (Å²) in [5.74, 6) is 2.17. The van der Waals surface area contributed by atoms with Crippen LogP contribution in [0.5, 0.6) is 11.5 Å². The summed E-state index contributed by atoms with van der Waals surface area (Å²) in [4.78, 5) is 14.5. The highest BCUT2D eigenvalue weighted by Crippen LogP contribution is 2.40. The SMILES string of the molecule is CN1C2CCC1CN(C1CCC(n3cc(-c4ccc(Oc5ccccc5)cc4)c4c(N)ncnc43)CC1)C2. The van der Waals surface area contributed by atoms with E-state index in [4.69, 9.17) is 15.5 Å². The van der Waals surface area contributed by atoms with Crippen molar-refractivity contribution in [3.05, 3.63) is 67.1 Å². The third-order valence-corrected chi connectivity index (χ3v) is 9.23. The molecule has 0 amide bonds. The third kappa shape index (κ3) is 4.24. The van der Waals surface area contributed by atoms with Crippen LogP contribution in [0.2, 0.25) is 0 Å². The fraction of sp³-hybridized carbons (Fsp3) is 0.419. The molecule has 3 fully saturated rings. The van der Waals surface area contributed by atoms with Gasteiger partial charge in [0, 0.05) is 49.0 Å². The lowest BCUT2D eigenvalue weighted by molar-refractivity contribution is 0.0400. The number of rotatable bonds is 5. The van der Waals surface area contributed by atoms with Gasteiger partial charge in [-0.25, -0.2) is 9.97 Å². The summed E-state index contributed by atoms with van der Waals surface area (Å²) < 4.78 is 8.38. The lowest BCUT2D eigenvalue weighted by Gasteiger charge is -2.45. The van der Waals surface area contributed by atoms with E-state index in [2.05, 4.69) is 44.7 Å². The minimum absolute atomic E-state index is 0.432. The number of ether oxygens (including phenoxy) is 1. The normalized spacial score (nSPS) is 26.1. The third-order valence-electron chi connectivity index (χ3n) is 9.23. The molecule has 2 aromatic carbocycles. The standard InChI is InChI=1S/C31H36N6O/c1-35-24-13-14-25(35)18-36(17-24)22-9-11-23(12-10-22)37-19-28(29-30(32)33-20-34-31(29)37)21-7-15-27(16-8-21)38-26-5-3-2-4-6-26/h2-8,15-16,19-20,22-25H,9-14,17-18H2,1H3,(H2,32,33,34). The van der Waals surface area contributed by atoms with Crippen LogP contribution in [0.15, 0.2) is 67.1 Å². The van der Waals surface area contributed by atoms with Gasteiger partial charge in [-0.15, -0.1) is 0 Å². The van der Waals surface area contributed by atoms with Gasteiger partial charge >= 0.3 is 0 Å². The quantitative estimate of drug-likeness (QED) is 0.371. The summed E-state index contributed by atoms with van der Waals surface area (Å²) in [6.45, 7) is 2.49. The van der Waals surface area contributed by atoms with E-state index in [0.717, 1.165) is 45.7 Å².